The smallest absolute Gasteiger partial charge is 0.335 e. The molecular formula is C15H14FNO2. The summed E-state index contributed by atoms with van der Waals surface area (Å²) in [5.74, 6) is -1.72. The zero-order chi connectivity index (χ0) is 14.0. The number of hydrogen-bond acceptors (Lipinski definition) is 2. The molecule has 2 aromatic carbocycles. The number of nitrogens with one attached hydrogen (secondary N) is 1. The molecule has 2 rings (SSSR count). The highest BCUT2D eigenvalue weighted by molar-refractivity contribution is 5.88. The van der Waals surface area contributed by atoms with Gasteiger partial charge in [0.15, 0.2) is 0 Å². The minimum absolute atomic E-state index is 0.0657. The van der Waals surface area contributed by atoms with Gasteiger partial charge in [0.25, 0.3) is 0 Å². The predicted octanol–water partition coefficient (Wildman–Crippen LogP) is 3.88. The van der Waals surface area contributed by atoms with E-state index in [1.165, 1.54) is 12.1 Å². The third-order valence-corrected chi connectivity index (χ3v) is 2.88. The highest BCUT2D eigenvalue weighted by Gasteiger charge is 2.09. The summed E-state index contributed by atoms with van der Waals surface area (Å²) in [6.45, 7) is 3.87. The molecule has 0 saturated carbocycles. The Morgan fingerprint density at radius 2 is 1.84 bits per heavy atom. The second kappa shape index (κ2) is 5.10. The first-order chi connectivity index (χ1) is 8.97. The fraction of sp³-hybridized carbons (Fsp3) is 0.133. The van der Waals surface area contributed by atoms with Crippen molar-refractivity contribution >= 4 is 17.3 Å². The molecule has 0 heterocycles. The molecule has 0 atom stereocenters. The van der Waals surface area contributed by atoms with Crippen molar-refractivity contribution in [3.8, 4) is 0 Å². The molecule has 0 aliphatic rings. The zero-order valence-corrected chi connectivity index (χ0v) is 10.7. The maximum absolute atomic E-state index is 13.8. The van der Waals surface area contributed by atoms with Crippen LogP contribution in [0.3, 0.4) is 0 Å². The van der Waals surface area contributed by atoms with Crippen LogP contribution in [0.5, 0.6) is 0 Å². The normalized spacial score (nSPS) is 10.3. The largest absolute Gasteiger partial charge is 0.478 e. The van der Waals surface area contributed by atoms with Gasteiger partial charge in [-0.3, -0.25) is 0 Å². The third-order valence-electron chi connectivity index (χ3n) is 2.88. The first kappa shape index (κ1) is 13.1. The SMILES string of the molecule is Cc1ccc(C)c(Nc2ccc(C(=O)O)cc2F)c1. The van der Waals surface area contributed by atoms with E-state index in [9.17, 15) is 9.18 Å². The summed E-state index contributed by atoms with van der Waals surface area (Å²) < 4.78 is 13.8. The van der Waals surface area contributed by atoms with Crippen LogP contribution in [0.2, 0.25) is 0 Å². The Kier molecular flexibility index (Phi) is 3.51. The fourth-order valence-electron chi connectivity index (χ4n) is 1.77. The van der Waals surface area contributed by atoms with E-state index in [0.717, 1.165) is 22.9 Å². The number of carboxylic acids is 1. The van der Waals surface area contributed by atoms with Gasteiger partial charge >= 0.3 is 5.97 Å². The summed E-state index contributed by atoms with van der Waals surface area (Å²) >= 11 is 0. The number of carboxylic acid groups (broad SMARTS) is 1. The van der Waals surface area contributed by atoms with Gasteiger partial charge < -0.3 is 10.4 Å². The van der Waals surface area contributed by atoms with Gasteiger partial charge in [-0.05, 0) is 49.2 Å². The first-order valence-electron chi connectivity index (χ1n) is 5.84. The zero-order valence-electron chi connectivity index (χ0n) is 10.7. The molecule has 4 heteroatoms. The quantitative estimate of drug-likeness (QED) is 0.879. The van der Waals surface area contributed by atoms with Crippen LogP contribution in [-0.4, -0.2) is 11.1 Å². The van der Waals surface area contributed by atoms with Crippen LogP contribution < -0.4 is 5.32 Å². The van der Waals surface area contributed by atoms with Crippen molar-refractivity contribution in [1.29, 1.82) is 0 Å². The summed E-state index contributed by atoms with van der Waals surface area (Å²) in [5, 5.41) is 11.8. The van der Waals surface area contributed by atoms with Gasteiger partial charge in [-0.15, -0.1) is 0 Å². The Labute approximate surface area is 110 Å². The summed E-state index contributed by atoms with van der Waals surface area (Å²) in [5.41, 5.74) is 3.06. The molecule has 0 radical (unpaired) electrons. The van der Waals surface area contributed by atoms with Crippen molar-refractivity contribution in [2.24, 2.45) is 0 Å². The van der Waals surface area contributed by atoms with Crippen molar-refractivity contribution in [3.05, 3.63) is 58.9 Å². The van der Waals surface area contributed by atoms with Crippen molar-refractivity contribution < 1.29 is 14.3 Å². The molecule has 0 fully saturated rings. The van der Waals surface area contributed by atoms with E-state index in [4.69, 9.17) is 5.11 Å². The minimum Gasteiger partial charge on any atom is -0.478 e. The van der Waals surface area contributed by atoms with Gasteiger partial charge in [-0.1, -0.05) is 12.1 Å². The number of aromatic carboxylic acids is 1. The number of rotatable bonds is 3. The maximum atomic E-state index is 13.8. The van der Waals surface area contributed by atoms with Crippen molar-refractivity contribution in [2.45, 2.75) is 13.8 Å². The molecule has 0 amide bonds. The molecular weight excluding hydrogens is 245 g/mol. The Bertz CT molecular complexity index is 638. The number of aryl methyl sites for hydroxylation is 2. The highest BCUT2D eigenvalue weighted by Crippen LogP contribution is 2.24. The van der Waals surface area contributed by atoms with Crippen LogP contribution >= 0.6 is 0 Å². The molecule has 2 N–H and O–H groups in total. The van der Waals surface area contributed by atoms with E-state index in [0.29, 0.717) is 0 Å². The summed E-state index contributed by atoms with van der Waals surface area (Å²) in [7, 11) is 0. The molecule has 0 aliphatic heterocycles. The number of benzene rings is 2. The van der Waals surface area contributed by atoms with Gasteiger partial charge in [0.2, 0.25) is 0 Å². The topological polar surface area (TPSA) is 49.3 Å². The Hall–Kier alpha value is -2.36. The Balaban J connectivity index is 2.33. The van der Waals surface area contributed by atoms with E-state index in [1.807, 2.05) is 32.0 Å². The summed E-state index contributed by atoms with van der Waals surface area (Å²) in [6.07, 6.45) is 0. The summed E-state index contributed by atoms with van der Waals surface area (Å²) in [6, 6.07) is 9.65. The van der Waals surface area contributed by atoms with Crippen LogP contribution in [0.1, 0.15) is 21.5 Å². The van der Waals surface area contributed by atoms with Crippen molar-refractivity contribution in [2.75, 3.05) is 5.32 Å². The third kappa shape index (κ3) is 2.91. The van der Waals surface area contributed by atoms with E-state index in [2.05, 4.69) is 5.32 Å². The van der Waals surface area contributed by atoms with E-state index in [1.54, 1.807) is 0 Å². The lowest BCUT2D eigenvalue weighted by Gasteiger charge is -2.11. The van der Waals surface area contributed by atoms with Gasteiger partial charge in [-0.25, -0.2) is 9.18 Å². The van der Waals surface area contributed by atoms with E-state index < -0.39 is 11.8 Å². The minimum atomic E-state index is -1.14. The van der Waals surface area contributed by atoms with Gasteiger partial charge in [0.1, 0.15) is 5.82 Å². The Morgan fingerprint density at radius 1 is 1.11 bits per heavy atom. The van der Waals surface area contributed by atoms with Gasteiger partial charge in [0, 0.05) is 5.69 Å². The molecule has 19 heavy (non-hydrogen) atoms. The molecule has 0 unspecified atom stereocenters. The lowest BCUT2D eigenvalue weighted by molar-refractivity contribution is 0.0696. The van der Waals surface area contributed by atoms with Crippen LogP contribution in [0.4, 0.5) is 15.8 Å². The average Bonchev–Trinajstić information content (AvgIpc) is 2.36. The first-order valence-corrected chi connectivity index (χ1v) is 5.84. The van der Waals surface area contributed by atoms with Crippen molar-refractivity contribution in [3.63, 3.8) is 0 Å². The average molecular weight is 259 g/mol. The lowest BCUT2D eigenvalue weighted by Crippen LogP contribution is -2.00. The molecule has 0 spiro atoms. The molecule has 0 aromatic heterocycles. The van der Waals surface area contributed by atoms with Crippen LogP contribution in [0.15, 0.2) is 36.4 Å². The number of halogens is 1. The summed E-state index contributed by atoms with van der Waals surface area (Å²) in [4.78, 5) is 10.7. The van der Waals surface area contributed by atoms with Crippen LogP contribution in [-0.2, 0) is 0 Å². The fourth-order valence-corrected chi connectivity index (χ4v) is 1.77. The molecule has 0 saturated heterocycles. The predicted molar refractivity (Wildman–Crippen MR) is 72.6 cm³/mol. The van der Waals surface area contributed by atoms with E-state index in [-0.39, 0.29) is 11.3 Å². The maximum Gasteiger partial charge on any atom is 0.335 e. The molecule has 0 bridgehead atoms. The second-order valence-corrected chi connectivity index (χ2v) is 4.44. The standard InChI is InChI=1S/C15H14FNO2/c1-9-3-4-10(2)14(7-9)17-13-6-5-11(15(18)19)8-12(13)16/h3-8,17H,1-2H3,(H,18,19). The van der Waals surface area contributed by atoms with Gasteiger partial charge in [-0.2, -0.15) is 0 Å². The molecule has 0 aliphatic carbocycles. The highest BCUT2D eigenvalue weighted by atomic mass is 19.1. The van der Waals surface area contributed by atoms with Crippen LogP contribution in [0.25, 0.3) is 0 Å². The molecule has 98 valence electrons. The lowest BCUT2D eigenvalue weighted by atomic mass is 10.1. The second-order valence-electron chi connectivity index (χ2n) is 4.44. The van der Waals surface area contributed by atoms with Crippen molar-refractivity contribution in [1.82, 2.24) is 0 Å². The number of anilines is 2. The molecule has 3 nitrogen and oxygen atoms in total. The molecule has 2 aromatic rings. The Morgan fingerprint density at radius 3 is 2.47 bits per heavy atom. The van der Waals surface area contributed by atoms with Gasteiger partial charge in [0.05, 0.1) is 11.3 Å². The van der Waals surface area contributed by atoms with Crippen LogP contribution in [0, 0.1) is 19.7 Å². The number of carbonyl (C=O) groups is 1. The van der Waals surface area contributed by atoms with E-state index >= 15 is 0 Å². The number of hydrogen-bond donors (Lipinski definition) is 2. The monoisotopic (exact) mass is 259 g/mol.